The van der Waals surface area contributed by atoms with Gasteiger partial charge in [0.25, 0.3) is 0 Å². The van der Waals surface area contributed by atoms with Crippen molar-refractivity contribution < 1.29 is 4.79 Å². The monoisotopic (exact) mass is 294 g/mol. The standard InChI is InChI=1S/C19H22N2O/c22-19(21-14-15-6-2-1-3-7-15)10-11-20-18-12-16-8-4-5-9-17(16)13-18/h1-9,18,20H,10-14H2,(H,21,22). The number of hydrogen-bond acceptors (Lipinski definition) is 2. The van der Waals surface area contributed by atoms with E-state index in [0.29, 0.717) is 19.0 Å². The fourth-order valence-corrected chi connectivity index (χ4v) is 2.98. The lowest BCUT2D eigenvalue weighted by Gasteiger charge is -2.11. The van der Waals surface area contributed by atoms with Crippen LogP contribution in [-0.4, -0.2) is 18.5 Å². The van der Waals surface area contributed by atoms with Crippen LogP contribution in [-0.2, 0) is 24.2 Å². The molecular weight excluding hydrogens is 272 g/mol. The number of rotatable bonds is 6. The quantitative estimate of drug-likeness (QED) is 0.859. The number of hydrogen-bond donors (Lipinski definition) is 2. The predicted octanol–water partition coefficient (Wildman–Crippen LogP) is 2.45. The summed E-state index contributed by atoms with van der Waals surface area (Å²) in [6.45, 7) is 1.34. The molecule has 0 aromatic heterocycles. The summed E-state index contributed by atoms with van der Waals surface area (Å²) < 4.78 is 0. The smallest absolute Gasteiger partial charge is 0.221 e. The Balaban J connectivity index is 1.35. The van der Waals surface area contributed by atoms with Crippen LogP contribution in [0.15, 0.2) is 54.6 Å². The molecule has 1 amide bonds. The van der Waals surface area contributed by atoms with Crippen molar-refractivity contribution in [1.82, 2.24) is 10.6 Å². The van der Waals surface area contributed by atoms with Crippen molar-refractivity contribution in [1.29, 1.82) is 0 Å². The highest BCUT2D eigenvalue weighted by atomic mass is 16.1. The number of carbonyl (C=O) groups excluding carboxylic acids is 1. The van der Waals surface area contributed by atoms with E-state index in [0.717, 1.165) is 24.9 Å². The van der Waals surface area contributed by atoms with E-state index in [2.05, 4.69) is 34.9 Å². The highest BCUT2D eigenvalue weighted by Crippen LogP contribution is 2.21. The third-order valence-electron chi connectivity index (χ3n) is 4.17. The van der Waals surface area contributed by atoms with Crippen LogP contribution in [0.1, 0.15) is 23.1 Å². The zero-order valence-electron chi connectivity index (χ0n) is 12.7. The van der Waals surface area contributed by atoms with Gasteiger partial charge in [0.1, 0.15) is 0 Å². The van der Waals surface area contributed by atoms with Crippen molar-refractivity contribution >= 4 is 5.91 Å². The summed E-state index contributed by atoms with van der Waals surface area (Å²) in [4.78, 5) is 11.9. The number of benzene rings is 2. The molecule has 0 radical (unpaired) electrons. The molecule has 0 spiro atoms. The van der Waals surface area contributed by atoms with Crippen molar-refractivity contribution in [3.8, 4) is 0 Å². The molecular formula is C19H22N2O. The summed E-state index contributed by atoms with van der Waals surface area (Å²) in [5, 5.41) is 6.46. The predicted molar refractivity (Wildman–Crippen MR) is 88.5 cm³/mol. The van der Waals surface area contributed by atoms with Crippen LogP contribution in [0.3, 0.4) is 0 Å². The summed E-state index contributed by atoms with van der Waals surface area (Å²) in [5.41, 5.74) is 4.01. The number of carbonyl (C=O) groups is 1. The van der Waals surface area contributed by atoms with Crippen molar-refractivity contribution in [2.75, 3.05) is 6.54 Å². The second kappa shape index (κ2) is 7.23. The second-order valence-electron chi connectivity index (χ2n) is 5.84. The Hall–Kier alpha value is -2.13. The van der Waals surface area contributed by atoms with Crippen LogP contribution in [0.4, 0.5) is 0 Å². The van der Waals surface area contributed by atoms with Crippen molar-refractivity contribution in [3.05, 3.63) is 71.3 Å². The van der Waals surface area contributed by atoms with Gasteiger partial charge in [-0.2, -0.15) is 0 Å². The third-order valence-corrected chi connectivity index (χ3v) is 4.17. The Labute approximate surface area is 131 Å². The van der Waals surface area contributed by atoms with Crippen LogP contribution >= 0.6 is 0 Å². The van der Waals surface area contributed by atoms with Gasteiger partial charge in [0.2, 0.25) is 5.91 Å². The maximum Gasteiger partial charge on any atom is 0.221 e. The van der Waals surface area contributed by atoms with E-state index in [1.807, 2.05) is 30.3 Å². The zero-order valence-corrected chi connectivity index (χ0v) is 12.7. The van der Waals surface area contributed by atoms with E-state index in [1.165, 1.54) is 11.1 Å². The van der Waals surface area contributed by atoms with Gasteiger partial charge in [-0.25, -0.2) is 0 Å². The van der Waals surface area contributed by atoms with Gasteiger partial charge in [-0.3, -0.25) is 4.79 Å². The minimum absolute atomic E-state index is 0.104. The lowest BCUT2D eigenvalue weighted by molar-refractivity contribution is -0.121. The summed E-state index contributed by atoms with van der Waals surface area (Å²) in [6.07, 6.45) is 2.67. The molecule has 0 fully saturated rings. The van der Waals surface area contributed by atoms with Crippen LogP contribution in [0.5, 0.6) is 0 Å². The average Bonchev–Trinajstić information content (AvgIpc) is 2.96. The number of fused-ring (bicyclic) bond motifs is 1. The van der Waals surface area contributed by atoms with E-state index < -0.39 is 0 Å². The molecule has 0 atom stereocenters. The molecule has 1 aliphatic rings. The normalized spacial score (nSPS) is 13.8. The summed E-state index contributed by atoms with van der Waals surface area (Å²) in [5.74, 6) is 0.104. The molecule has 3 nitrogen and oxygen atoms in total. The van der Waals surface area contributed by atoms with Crippen molar-refractivity contribution in [3.63, 3.8) is 0 Å². The molecule has 2 N–H and O–H groups in total. The molecule has 3 rings (SSSR count). The Morgan fingerprint density at radius 1 is 0.955 bits per heavy atom. The minimum Gasteiger partial charge on any atom is -0.352 e. The Morgan fingerprint density at radius 3 is 2.27 bits per heavy atom. The fourth-order valence-electron chi connectivity index (χ4n) is 2.98. The summed E-state index contributed by atoms with van der Waals surface area (Å²) >= 11 is 0. The molecule has 22 heavy (non-hydrogen) atoms. The number of amides is 1. The largest absolute Gasteiger partial charge is 0.352 e. The summed E-state index contributed by atoms with van der Waals surface area (Å²) in [6, 6.07) is 19.1. The molecule has 0 bridgehead atoms. The van der Waals surface area contributed by atoms with Crippen molar-refractivity contribution in [2.24, 2.45) is 0 Å². The van der Waals surface area contributed by atoms with Gasteiger partial charge < -0.3 is 10.6 Å². The Morgan fingerprint density at radius 2 is 1.59 bits per heavy atom. The van der Waals surface area contributed by atoms with Gasteiger partial charge >= 0.3 is 0 Å². The minimum atomic E-state index is 0.104. The van der Waals surface area contributed by atoms with Gasteiger partial charge in [-0.15, -0.1) is 0 Å². The fraction of sp³-hybridized carbons (Fsp3) is 0.316. The first-order valence-electron chi connectivity index (χ1n) is 7.92. The second-order valence-corrected chi connectivity index (χ2v) is 5.84. The third kappa shape index (κ3) is 3.95. The highest BCUT2D eigenvalue weighted by Gasteiger charge is 2.20. The van der Waals surface area contributed by atoms with E-state index in [9.17, 15) is 4.79 Å². The highest BCUT2D eigenvalue weighted by molar-refractivity contribution is 5.76. The molecule has 0 aliphatic heterocycles. The van der Waals surface area contributed by atoms with Crippen LogP contribution < -0.4 is 10.6 Å². The lowest BCUT2D eigenvalue weighted by atomic mass is 10.1. The molecule has 0 unspecified atom stereocenters. The molecule has 114 valence electrons. The van der Waals surface area contributed by atoms with Gasteiger partial charge in [-0.05, 0) is 29.5 Å². The lowest BCUT2D eigenvalue weighted by Crippen LogP contribution is -2.33. The molecule has 0 saturated heterocycles. The van der Waals surface area contributed by atoms with E-state index in [4.69, 9.17) is 0 Å². The molecule has 0 saturated carbocycles. The first kappa shape index (κ1) is 14.8. The molecule has 1 aliphatic carbocycles. The van der Waals surface area contributed by atoms with Gasteiger partial charge in [-0.1, -0.05) is 54.6 Å². The summed E-state index contributed by atoms with van der Waals surface area (Å²) in [7, 11) is 0. The topological polar surface area (TPSA) is 41.1 Å². The molecule has 0 heterocycles. The van der Waals surface area contributed by atoms with E-state index in [1.54, 1.807) is 0 Å². The van der Waals surface area contributed by atoms with E-state index in [-0.39, 0.29) is 5.91 Å². The maximum absolute atomic E-state index is 11.9. The number of nitrogens with one attached hydrogen (secondary N) is 2. The first-order valence-corrected chi connectivity index (χ1v) is 7.92. The SMILES string of the molecule is O=C(CCNC1Cc2ccccc2C1)NCc1ccccc1. The van der Waals surface area contributed by atoms with Gasteiger partial charge in [0.05, 0.1) is 0 Å². The molecule has 3 heteroatoms. The van der Waals surface area contributed by atoms with E-state index >= 15 is 0 Å². The zero-order chi connectivity index (χ0) is 15.2. The van der Waals surface area contributed by atoms with Crippen molar-refractivity contribution in [2.45, 2.75) is 31.8 Å². The molecule has 2 aromatic carbocycles. The van der Waals surface area contributed by atoms with Crippen LogP contribution in [0, 0.1) is 0 Å². The Kier molecular flexibility index (Phi) is 4.86. The van der Waals surface area contributed by atoms with Crippen LogP contribution in [0.25, 0.3) is 0 Å². The molecule has 2 aromatic rings. The maximum atomic E-state index is 11.9. The van der Waals surface area contributed by atoms with Crippen LogP contribution in [0.2, 0.25) is 0 Å². The first-order chi connectivity index (χ1) is 10.8. The Bertz CT molecular complexity index is 599. The average molecular weight is 294 g/mol. The van der Waals surface area contributed by atoms with Gasteiger partial charge in [0, 0.05) is 25.6 Å². The van der Waals surface area contributed by atoms with Gasteiger partial charge in [0.15, 0.2) is 0 Å².